The van der Waals surface area contributed by atoms with Crippen LogP contribution in [0.2, 0.25) is 0 Å². The fourth-order valence-corrected chi connectivity index (χ4v) is 6.04. The van der Waals surface area contributed by atoms with E-state index in [2.05, 4.69) is 26.6 Å². The van der Waals surface area contributed by atoms with Gasteiger partial charge in [0, 0.05) is 79.1 Å². The number of amides is 4. The van der Waals surface area contributed by atoms with Gasteiger partial charge in [-0.25, -0.2) is 9.59 Å². The van der Waals surface area contributed by atoms with Crippen molar-refractivity contribution in [2.24, 2.45) is 14.1 Å². The average Bonchev–Trinajstić information content (AvgIpc) is 3.34. The smallest absolute Gasteiger partial charge is 0.298 e. The van der Waals surface area contributed by atoms with Crippen LogP contribution in [-0.2, 0) is 75.4 Å². The van der Waals surface area contributed by atoms with E-state index < -0.39 is 23.9 Å². The Balaban J connectivity index is 0.000000287. The fourth-order valence-electron chi connectivity index (χ4n) is 5.41. The van der Waals surface area contributed by atoms with Crippen LogP contribution in [0.15, 0.2) is 50.5 Å². The summed E-state index contributed by atoms with van der Waals surface area (Å²) in [6.45, 7) is 0. The minimum atomic E-state index is -0.735. The number of aromatic nitrogens is 4. The summed E-state index contributed by atoms with van der Waals surface area (Å²) in [5, 5.41) is 4.53. The number of rotatable bonds is 3. The van der Waals surface area contributed by atoms with E-state index in [1.807, 2.05) is 12.1 Å². The number of aryl methyl sites for hydroxylation is 2. The van der Waals surface area contributed by atoms with Crippen molar-refractivity contribution in [3.8, 4) is 0 Å². The van der Waals surface area contributed by atoms with Gasteiger partial charge < -0.3 is 0 Å². The molecule has 0 bridgehead atoms. The molecule has 2 aliphatic rings. The second-order valence-corrected chi connectivity index (χ2v) is 10.7. The number of hydrogen-bond donors (Lipinski definition) is 2. The maximum atomic E-state index is 12.4. The van der Waals surface area contributed by atoms with Crippen molar-refractivity contribution in [1.82, 2.24) is 28.9 Å². The Morgan fingerprint density at radius 1 is 0.727 bits per heavy atom. The molecule has 2 aliphatic heterocycles. The van der Waals surface area contributed by atoms with Gasteiger partial charge >= 0.3 is 11.4 Å². The first kappa shape index (κ1) is 37.0. The molecule has 2 unspecified atom stereocenters. The van der Waals surface area contributed by atoms with E-state index in [0.29, 0.717) is 34.8 Å². The van der Waals surface area contributed by atoms with Gasteiger partial charge in [-0.15, -0.1) is 0 Å². The molecule has 16 heteroatoms. The molecule has 0 radical (unpaired) electrons. The quantitative estimate of drug-likeness (QED) is 0.234. The predicted octanol–water partition coefficient (Wildman–Crippen LogP) is 1.84. The van der Waals surface area contributed by atoms with Crippen LogP contribution in [0.4, 0.5) is 0 Å². The third-order valence-electron chi connectivity index (χ3n) is 7.36. The number of halogens is 1. The normalized spacial score (nSPS) is 17.8. The Labute approximate surface area is 288 Å². The molecule has 0 spiro atoms. The summed E-state index contributed by atoms with van der Waals surface area (Å²) in [7, 11) is 3.22. The van der Waals surface area contributed by atoms with Crippen molar-refractivity contribution in [2.45, 2.75) is 45.2 Å². The van der Waals surface area contributed by atoms with Crippen molar-refractivity contribution < 1.29 is 66.1 Å². The molecule has 2 atom stereocenters. The Hall–Kier alpha value is -3.21. The number of carbonyl (C=O) groups excluding carboxylic acids is 5. The van der Waals surface area contributed by atoms with Crippen LogP contribution in [0.3, 0.4) is 0 Å². The average molecular weight is 1010 g/mol. The summed E-state index contributed by atoms with van der Waals surface area (Å²) in [6, 6.07) is 9.04. The van der Waals surface area contributed by atoms with Gasteiger partial charge in [-0.3, -0.25) is 52.9 Å². The van der Waals surface area contributed by atoms with Gasteiger partial charge in [0.05, 0.1) is 22.1 Å². The summed E-state index contributed by atoms with van der Waals surface area (Å²) < 4.78 is 6.46. The van der Waals surface area contributed by atoms with Gasteiger partial charge in [0.15, 0.2) is 6.29 Å². The molecule has 4 heterocycles. The van der Waals surface area contributed by atoms with Crippen LogP contribution in [0.5, 0.6) is 0 Å². The minimum Gasteiger partial charge on any atom is -0.298 e. The standard InChI is InChI=1S/C14H13N3O4.C13H12BrN3O3.CH4.2W/c1-16-12-8(7-18)3-2-4-9(12)17(14(16)21)10-5-6-11(19)15-13(10)20;1-16-11-7(14)3-2-4-8(11)17(13(16)20)9-5-6-10(18)15-12(9)19;;;/h2-4,7,10H,5-6H2,1H3,(H,15,19,20);2-4,9H,5-6H2,1H3,(H,15,18,19);1H4;;. The summed E-state index contributed by atoms with van der Waals surface area (Å²) in [4.78, 5) is 82.4. The van der Waals surface area contributed by atoms with Crippen LogP contribution < -0.4 is 22.0 Å². The Kier molecular flexibility index (Phi) is 12.4. The molecular formula is C28H29BrN6O7W2. The molecule has 2 aromatic heterocycles. The first-order chi connectivity index (χ1) is 19.5. The number of para-hydroxylation sites is 2. The van der Waals surface area contributed by atoms with Gasteiger partial charge in [-0.05, 0) is 53.0 Å². The maximum absolute atomic E-state index is 12.4. The van der Waals surface area contributed by atoms with Gasteiger partial charge in [0.1, 0.15) is 12.1 Å². The third-order valence-corrected chi connectivity index (χ3v) is 8.00. The van der Waals surface area contributed by atoms with Crippen LogP contribution in [0, 0.1) is 0 Å². The van der Waals surface area contributed by atoms with E-state index >= 15 is 0 Å². The SMILES string of the molecule is C.Cn1c(=O)n(C2CCC(=O)NC2=O)c2cccc(Br)c21.Cn1c(=O)n(C2CCC(=O)NC2=O)c2cccc(C=O)c21.[W].[W]. The predicted molar refractivity (Wildman–Crippen MR) is 157 cm³/mol. The Bertz CT molecular complexity index is 1910. The molecule has 2 fully saturated rings. The zero-order valence-corrected chi connectivity index (χ0v) is 30.3. The van der Waals surface area contributed by atoms with Crippen molar-refractivity contribution in [2.75, 3.05) is 0 Å². The van der Waals surface area contributed by atoms with E-state index in [9.17, 15) is 33.6 Å². The maximum Gasteiger partial charge on any atom is 0.329 e. The van der Waals surface area contributed by atoms with Gasteiger partial charge in [-0.2, -0.15) is 0 Å². The van der Waals surface area contributed by atoms with E-state index in [0.717, 1.165) is 9.99 Å². The zero-order valence-electron chi connectivity index (χ0n) is 22.9. The topological polar surface area (TPSA) is 163 Å². The van der Waals surface area contributed by atoms with Gasteiger partial charge in [-0.1, -0.05) is 19.6 Å². The van der Waals surface area contributed by atoms with Crippen molar-refractivity contribution in [3.63, 3.8) is 0 Å². The number of aldehydes is 1. The number of imidazole rings is 2. The number of carbonyl (C=O) groups is 5. The summed E-state index contributed by atoms with van der Waals surface area (Å²) >= 11 is 3.42. The summed E-state index contributed by atoms with van der Waals surface area (Å²) in [6.07, 6.45) is 1.72. The number of imide groups is 2. The molecule has 232 valence electrons. The van der Waals surface area contributed by atoms with Gasteiger partial charge in [0.25, 0.3) is 0 Å². The molecule has 2 N–H and O–H groups in total. The first-order valence-electron chi connectivity index (χ1n) is 12.7. The van der Waals surface area contributed by atoms with Crippen LogP contribution in [-0.4, -0.2) is 48.2 Å². The molecule has 44 heavy (non-hydrogen) atoms. The number of benzene rings is 2. The van der Waals surface area contributed by atoms with Crippen molar-refractivity contribution >= 4 is 67.9 Å². The second-order valence-electron chi connectivity index (χ2n) is 9.80. The Morgan fingerprint density at radius 3 is 1.61 bits per heavy atom. The number of nitrogens with one attached hydrogen (secondary N) is 2. The number of hydrogen-bond acceptors (Lipinski definition) is 7. The first-order valence-corrected chi connectivity index (χ1v) is 13.5. The number of piperidine rings is 2. The molecule has 0 saturated carbocycles. The molecule has 4 amide bonds. The zero-order chi connectivity index (χ0) is 29.6. The monoisotopic (exact) mass is 1010 g/mol. The van der Waals surface area contributed by atoms with Crippen LogP contribution in [0.25, 0.3) is 22.1 Å². The van der Waals surface area contributed by atoms with E-state index in [1.54, 1.807) is 38.4 Å². The second kappa shape index (κ2) is 14.7. The molecule has 2 saturated heterocycles. The molecule has 6 rings (SSSR count). The van der Waals surface area contributed by atoms with E-state index in [4.69, 9.17) is 0 Å². The van der Waals surface area contributed by atoms with Crippen LogP contribution in [0.1, 0.15) is 55.6 Å². The molecule has 4 aromatic rings. The van der Waals surface area contributed by atoms with E-state index in [1.165, 1.54) is 18.3 Å². The minimum absolute atomic E-state index is 0. The molecular weight excluding hydrogens is 980 g/mol. The van der Waals surface area contributed by atoms with E-state index in [-0.39, 0.29) is 92.0 Å². The number of fused-ring (bicyclic) bond motifs is 2. The molecule has 13 nitrogen and oxygen atoms in total. The molecule has 0 aliphatic carbocycles. The number of nitrogens with zero attached hydrogens (tertiary/aromatic N) is 4. The largest absolute Gasteiger partial charge is 0.329 e. The summed E-state index contributed by atoms with van der Waals surface area (Å²) in [5.41, 5.74) is 2.17. The van der Waals surface area contributed by atoms with Crippen LogP contribution >= 0.6 is 15.9 Å². The van der Waals surface area contributed by atoms with Crippen molar-refractivity contribution in [3.05, 3.63) is 67.4 Å². The molecule has 2 aromatic carbocycles. The van der Waals surface area contributed by atoms with Gasteiger partial charge in [0.2, 0.25) is 23.6 Å². The van der Waals surface area contributed by atoms with Crippen molar-refractivity contribution in [1.29, 1.82) is 0 Å². The third kappa shape index (κ3) is 6.43. The summed E-state index contributed by atoms with van der Waals surface area (Å²) in [5.74, 6) is -1.54. The fraction of sp³-hybridized carbons (Fsp3) is 0.321. The Morgan fingerprint density at radius 2 is 1.16 bits per heavy atom.